The van der Waals surface area contributed by atoms with Gasteiger partial charge in [-0.25, -0.2) is 4.98 Å². The number of anilines is 2. The summed E-state index contributed by atoms with van der Waals surface area (Å²) in [6.07, 6.45) is 1.49. The molecule has 3 amide bonds. The fourth-order valence-corrected chi connectivity index (χ4v) is 6.21. The van der Waals surface area contributed by atoms with Crippen LogP contribution in [0.1, 0.15) is 22.8 Å². The van der Waals surface area contributed by atoms with Gasteiger partial charge in [0.1, 0.15) is 5.70 Å². The number of hydrogen-bond donors (Lipinski definition) is 3. The number of aromatic nitrogens is 1. The summed E-state index contributed by atoms with van der Waals surface area (Å²) < 4.78 is 0.994. The lowest BCUT2D eigenvalue weighted by atomic mass is 10.1. The Morgan fingerprint density at radius 2 is 1.65 bits per heavy atom. The van der Waals surface area contributed by atoms with E-state index in [1.54, 1.807) is 73.7 Å². The summed E-state index contributed by atoms with van der Waals surface area (Å²) in [5.41, 5.74) is 2.19. The van der Waals surface area contributed by atoms with Crippen LogP contribution in [0.4, 0.5) is 10.8 Å². The van der Waals surface area contributed by atoms with Gasteiger partial charge in [0.25, 0.3) is 11.8 Å². The molecule has 1 unspecified atom stereocenters. The van der Waals surface area contributed by atoms with Crippen LogP contribution in [0.3, 0.4) is 0 Å². The molecule has 0 spiro atoms. The van der Waals surface area contributed by atoms with Crippen LogP contribution in [0.25, 0.3) is 16.3 Å². The number of thioether (sulfide) groups is 1. The summed E-state index contributed by atoms with van der Waals surface area (Å²) >= 11 is 15.1. The monoisotopic (exact) mass is 646 g/mol. The molecule has 0 saturated carbocycles. The van der Waals surface area contributed by atoms with Gasteiger partial charge in [-0.3, -0.25) is 14.4 Å². The largest absolute Gasteiger partial charge is 0.321 e. The van der Waals surface area contributed by atoms with Crippen molar-refractivity contribution in [2.45, 2.75) is 17.1 Å². The Morgan fingerprint density at radius 1 is 0.884 bits per heavy atom. The lowest BCUT2D eigenvalue weighted by molar-refractivity contribution is -0.115. The van der Waals surface area contributed by atoms with Gasteiger partial charge in [0.15, 0.2) is 5.13 Å². The summed E-state index contributed by atoms with van der Waals surface area (Å²) in [6, 6.07) is 28.2. The fraction of sp³-hybridized carbons (Fsp3) is 0.0625. The second-order valence-electron chi connectivity index (χ2n) is 9.26. The maximum absolute atomic E-state index is 13.4. The van der Waals surface area contributed by atoms with E-state index in [1.807, 2.05) is 30.3 Å². The van der Waals surface area contributed by atoms with Crippen LogP contribution in [0.5, 0.6) is 0 Å². The van der Waals surface area contributed by atoms with Crippen molar-refractivity contribution < 1.29 is 14.4 Å². The fourth-order valence-electron chi connectivity index (χ4n) is 3.95. The number of rotatable bonds is 9. The standard InChI is InChI=1S/C32H24Cl2N4O3S2/c1-19(29(39)38-32-37-26-12-5-6-13-28(26)43-32)42-24-11-7-10-23(18-24)35-31(41)27(16-21-14-15-22(33)17-25(21)34)36-30(40)20-8-3-2-4-9-20/h2-19H,1H3,(H,35,41)(H,36,40)(H,37,38,39)/b27-16+. The van der Waals surface area contributed by atoms with Crippen molar-refractivity contribution in [3.05, 3.63) is 124 Å². The van der Waals surface area contributed by atoms with Crippen molar-refractivity contribution in [1.29, 1.82) is 0 Å². The third kappa shape index (κ3) is 8.03. The minimum atomic E-state index is -0.556. The highest BCUT2D eigenvalue weighted by atomic mass is 35.5. The Kier molecular flexibility index (Phi) is 9.79. The Morgan fingerprint density at radius 3 is 2.42 bits per heavy atom. The van der Waals surface area contributed by atoms with Gasteiger partial charge in [0.05, 0.1) is 15.5 Å². The number of para-hydroxylation sites is 1. The molecular formula is C32H24Cl2N4O3S2. The second-order valence-corrected chi connectivity index (χ2v) is 12.6. The Hall–Kier alpha value is -4.15. The predicted molar refractivity (Wildman–Crippen MR) is 177 cm³/mol. The number of carbonyl (C=O) groups is 3. The minimum absolute atomic E-state index is 0.0142. The lowest BCUT2D eigenvalue weighted by Crippen LogP contribution is -2.30. The molecule has 0 bridgehead atoms. The normalized spacial score (nSPS) is 12.0. The molecule has 0 aliphatic carbocycles. The van der Waals surface area contributed by atoms with E-state index in [4.69, 9.17) is 23.2 Å². The number of thiazole rings is 1. The minimum Gasteiger partial charge on any atom is -0.321 e. The molecule has 1 heterocycles. The van der Waals surface area contributed by atoms with Crippen molar-refractivity contribution in [2.24, 2.45) is 0 Å². The maximum Gasteiger partial charge on any atom is 0.272 e. The highest BCUT2D eigenvalue weighted by molar-refractivity contribution is 8.00. The zero-order valence-corrected chi connectivity index (χ0v) is 25.8. The van der Waals surface area contributed by atoms with Crippen LogP contribution in [0.15, 0.2) is 108 Å². The molecular weight excluding hydrogens is 623 g/mol. The number of nitrogens with zero attached hydrogens (tertiary/aromatic N) is 1. The number of nitrogens with one attached hydrogen (secondary N) is 3. The molecule has 43 heavy (non-hydrogen) atoms. The maximum atomic E-state index is 13.4. The van der Waals surface area contributed by atoms with Gasteiger partial charge in [-0.1, -0.05) is 77.0 Å². The summed E-state index contributed by atoms with van der Waals surface area (Å²) in [7, 11) is 0. The van der Waals surface area contributed by atoms with Crippen LogP contribution in [0.2, 0.25) is 10.0 Å². The van der Waals surface area contributed by atoms with Crippen LogP contribution < -0.4 is 16.0 Å². The lowest BCUT2D eigenvalue weighted by Gasteiger charge is -2.14. The van der Waals surface area contributed by atoms with Gasteiger partial charge >= 0.3 is 0 Å². The first-order valence-electron chi connectivity index (χ1n) is 13.0. The molecule has 0 aliphatic heterocycles. The Bertz CT molecular complexity index is 1810. The molecule has 4 aromatic carbocycles. The first kappa shape index (κ1) is 30.3. The first-order chi connectivity index (χ1) is 20.7. The van der Waals surface area contributed by atoms with Crippen LogP contribution in [-0.4, -0.2) is 28.0 Å². The number of benzene rings is 4. The van der Waals surface area contributed by atoms with Crippen molar-refractivity contribution in [3.63, 3.8) is 0 Å². The van der Waals surface area contributed by atoms with Gasteiger partial charge in [0.2, 0.25) is 5.91 Å². The molecule has 1 atom stereocenters. The molecule has 216 valence electrons. The van der Waals surface area contributed by atoms with E-state index in [0.717, 1.165) is 15.1 Å². The zero-order chi connectivity index (χ0) is 30.3. The quantitative estimate of drug-likeness (QED) is 0.111. The van der Waals surface area contributed by atoms with Crippen LogP contribution in [0, 0.1) is 0 Å². The number of halogens is 2. The second kappa shape index (κ2) is 13.9. The van der Waals surface area contributed by atoms with E-state index < -0.39 is 17.1 Å². The molecule has 1 aromatic heterocycles. The molecule has 5 rings (SSSR count). The topological polar surface area (TPSA) is 100 Å². The number of fused-ring (bicyclic) bond motifs is 1. The molecule has 0 saturated heterocycles. The van der Waals surface area contributed by atoms with Crippen LogP contribution in [-0.2, 0) is 9.59 Å². The Balaban J connectivity index is 1.30. The third-order valence-electron chi connectivity index (χ3n) is 6.09. The van der Waals surface area contributed by atoms with Gasteiger partial charge in [-0.2, -0.15) is 0 Å². The van der Waals surface area contributed by atoms with Crippen molar-refractivity contribution in [1.82, 2.24) is 10.3 Å². The summed E-state index contributed by atoms with van der Waals surface area (Å²) in [6.45, 7) is 1.80. The van der Waals surface area contributed by atoms with Gasteiger partial charge in [0, 0.05) is 26.2 Å². The smallest absolute Gasteiger partial charge is 0.272 e. The molecule has 0 fully saturated rings. The van der Waals surface area contributed by atoms with E-state index in [1.165, 1.54) is 29.2 Å². The zero-order valence-electron chi connectivity index (χ0n) is 22.6. The molecule has 5 aromatic rings. The van der Waals surface area contributed by atoms with Gasteiger partial charge in [-0.05, 0) is 73.2 Å². The number of hydrogen-bond acceptors (Lipinski definition) is 6. The number of amides is 3. The Labute approximate surface area is 266 Å². The summed E-state index contributed by atoms with van der Waals surface area (Å²) in [5, 5.41) is 9.28. The SMILES string of the molecule is CC(Sc1cccc(NC(=O)/C(=C\c2ccc(Cl)cc2Cl)NC(=O)c2ccccc2)c1)C(=O)Nc1nc2ccccc2s1. The van der Waals surface area contributed by atoms with Gasteiger partial charge in [-0.15, -0.1) is 11.8 Å². The third-order valence-corrected chi connectivity index (χ3v) is 8.70. The van der Waals surface area contributed by atoms with E-state index in [2.05, 4.69) is 20.9 Å². The first-order valence-corrected chi connectivity index (χ1v) is 15.5. The highest BCUT2D eigenvalue weighted by Gasteiger charge is 2.19. The summed E-state index contributed by atoms with van der Waals surface area (Å²) in [4.78, 5) is 44.5. The van der Waals surface area contributed by atoms with Crippen LogP contribution >= 0.6 is 46.3 Å². The van der Waals surface area contributed by atoms with Gasteiger partial charge < -0.3 is 16.0 Å². The molecule has 7 nitrogen and oxygen atoms in total. The molecule has 3 N–H and O–H groups in total. The van der Waals surface area contributed by atoms with Crippen molar-refractivity contribution in [3.8, 4) is 0 Å². The van der Waals surface area contributed by atoms with E-state index in [0.29, 0.717) is 32.0 Å². The molecule has 11 heteroatoms. The van der Waals surface area contributed by atoms with E-state index in [-0.39, 0.29) is 11.6 Å². The van der Waals surface area contributed by atoms with Crippen molar-refractivity contribution in [2.75, 3.05) is 10.6 Å². The average Bonchev–Trinajstić information content (AvgIpc) is 3.41. The number of carbonyl (C=O) groups excluding carboxylic acids is 3. The van der Waals surface area contributed by atoms with E-state index >= 15 is 0 Å². The molecule has 0 aliphatic rings. The predicted octanol–water partition coefficient (Wildman–Crippen LogP) is 8.13. The average molecular weight is 648 g/mol. The molecule has 0 radical (unpaired) electrons. The highest BCUT2D eigenvalue weighted by Crippen LogP contribution is 2.29. The van der Waals surface area contributed by atoms with Crippen molar-refractivity contribution >= 4 is 91.1 Å². The summed E-state index contributed by atoms with van der Waals surface area (Å²) in [5.74, 6) is -1.20. The van der Waals surface area contributed by atoms with E-state index in [9.17, 15) is 14.4 Å².